The number of nitrogens with one attached hydrogen (secondary N) is 1. The van der Waals surface area contributed by atoms with E-state index in [1.165, 1.54) is 25.9 Å². The molecule has 25 heavy (non-hydrogen) atoms. The van der Waals surface area contributed by atoms with Crippen molar-refractivity contribution in [3.63, 3.8) is 0 Å². The molecule has 4 nitrogen and oxygen atoms in total. The van der Waals surface area contributed by atoms with Crippen LogP contribution in [0.5, 0.6) is 0 Å². The van der Waals surface area contributed by atoms with Gasteiger partial charge in [0.15, 0.2) is 0 Å². The smallest absolute Gasteiger partial charge is 0.261 e. The molecule has 2 bridgehead atoms. The number of anilines is 1. The van der Waals surface area contributed by atoms with Crippen LogP contribution in [0.25, 0.3) is 0 Å². The maximum absolute atomic E-state index is 12.7. The number of hydrogen-bond acceptors (Lipinski definition) is 5. The minimum absolute atomic E-state index is 0.0648. The lowest BCUT2D eigenvalue weighted by Crippen LogP contribution is -2.62. The molecule has 0 saturated carbocycles. The number of nitrogens with zero attached hydrogens (tertiary/aromatic N) is 1. The Kier molecular flexibility index (Phi) is 4.75. The second-order valence-corrected chi connectivity index (χ2v) is 9.36. The lowest BCUT2D eigenvalue weighted by molar-refractivity contribution is 0.0218. The molecule has 2 aromatic rings. The van der Waals surface area contributed by atoms with E-state index in [4.69, 9.17) is 5.73 Å². The first-order valence-electron chi connectivity index (χ1n) is 8.78. The molecule has 2 atom stereocenters. The van der Waals surface area contributed by atoms with Crippen LogP contribution in [0.2, 0.25) is 0 Å². The highest BCUT2D eigenvalue weighted by Gasteiger charge is 2.40. The van der Waals surface area contributed by atoms with Crippen molar-refractivity contribution in [1.29, 1.82) is 0 Å². The lowest BCUT2D eigenvalue weighted by atomic mass is 9.79. The summed E-state index contributed by atoms with van der Waals surface area (Å²) in [5.74, 6) is 0.695. The summed E-state index contributed by atoms with van der Waals surface area (Å²) in [4.78, 5) is 17.1. The first-order valence-corrected chi connectivity index (χ1v) is 10.4. The van der Waals surface area contributed by atoms with E-state index in [1.807, 2.05) is 36.4 Å². The number of nitrogens with two attached hydrogens (primary N) is 1. The van der Waals surface area contributed by atoms with E-state index in [-0.39, 0.29) is 11.9 Å². The number of hydrogen-bond donors (Lipinski definition) is 2. The Hall–Kier alpha value is -1.50. The molecule has 0 radical (unpaired) electrons. The summed E-state index contributed by atoms with van der Waals surface area (Å²) in [5, 5.41) is 3.30. The third-order valence-electron chi connectivity index (χ3n) is 5.36. The average Bonchev–Trinajstić information content (AvgIpc) is 3.07. The largest absolute Gasteiger partial charge is 0.399 e. The zero-order valence-corrected chi connectivity index (χ0v) is 15.9. The van der Waals surface area contributed by atoms with Crippen LogP contribution in [-0.2, 0) is 0 Å². The van der Waals surface area contributed by atoms with Crippen LogP contribution < -0.4 is 11.1 Å². The van der Waals surface area contributed by atoms with Crippen LogP contribution in [0, 0.1) is 5.92 Å². The van der Waals surface area contributed by atoms with Gasteiger partial charge in [0.25, 0.3) is 5.91 Å². The van der Waals surface area contributed by atoms with Crippen LogP contribution in [0.1, 0.15) is 29.4 Å². The molecule has 0 aliphatic carbocycles. The molecule has 3 N–H and O–H groups in total. The molecule has 1 aromatic heterocycles. The van der Waals surface area contributed by atoms with Gasteiger partial charge in [-0.15, -0.1) is 11.3 Å². The van der Waals surface area contributed by atoms with E-state index in [0.717, 1.165) is 19.7 Å². The molecule has 3 saturated heterocycles. The molecular weight excluding hydrogens is 350 g/mol. The molecule has 3 fully saturated rings. The highest BCUT2D eigenvalue weighted by molar-refractivity contribution is 8.01. The normalized spacial score (nSPS) is 28.0. The van der Waals surface area contributed by atoms with Crippen molar-refractivity contribution >= 4 is 34.7 Å². The third-order valence-corrected chi connectivity index (χ3v) is 7.56. The van der Waals surface area contributed by atoms with Crippen molar-refractivity contribution in [2.75, 3.05) is 18.8 Å². The summed E-state index contributed by atoms with van der Waals surface area (Å²) in [6.45, 7) is 4.60. The Bertz CT molecular complexity index is 766. The molecule has 4 heterocycles. The van der Waals surface area contributed by atoms with E-state index < -0.39 is 0 Å². The summed E-state index contributed by atoms with van der Waals surface area (Å²) in [5.41, 5.74) is 6.59. The molecule has 3 aliphatic rings. The third kappa shape index (κ3) is 3.57. The predicted molar refractivity (Wildman–Crippen MR) is 104 cm³/mol. The predicted octanol–water partition coefficient (Wildman–Crippen LogP) is 3.69. The van der Waals surface area contributed by atoms with Gasteiger partial charge >= 0.3 is 0 Å². The van der Waals surface area contributed by atoms with Crippen LogP contribution in [0.15, 0.2) is 45.5 Å². The standard InChI is InChI=1S/C19H23N3OS2/c1-12-18(13-7-9-22(12)10-8-13)21-19(23)16-5-6-17(25-16)24-15-4-2-3-14(20)11-15/h2-6,11-13,18H,7-10,20H2,1H3,(H,21,23)/t12-,18-/m0/s1. The second kappa shape index (κ2) is 7.02. The molecule has 5 rings (SSSR count). The minimum Gasteiger partial charge on any atom is -0.399 e. The summed E-state index contributed by atoms with van der Waals surface area (Å²) in [7, 11) is 0. The van der Waals surface area contributed by atoms with Gasteiger partial charge < -0.3 is 11.1 Å². The number of benzene rings is 1. The molecule has 6 heteroatoms. The number of piperidine rings is 3. The Balaban J connectivity index is 1.42. The Morgan fingerprint density at radius 3 is 2.80 bits per heavy atom. The van der Waals surface area contributed by atoms with Crippen molar-refractivity contribution < 1.29 is 4.79 Å². The van der Waals surface area contributed by atoms with Gasteiger partial charge in [-0.05, 0) is 69.1 Å². The van der Waals surface area contributed by atoms with Gasteiger partial charge in [-0.25, -0.2) is 0 Å². The number of amides is 1. The molecule has 0 unspecified atom stereocenters. The molecule has 3 aliphatic heterocycles. The maximum atomic E-state index is 12.7. The first-order chi connectivity index (χ1) is 12.1. The van der Waals surface area contributed by atoms with Crippen molar-refractivity contribution in [2.24, 2.45) is 5.92 Å². The van der Waals surface area contributed by atoms with Gasteiger partial charge in [0.1, 0.15) is 0 Å². The summed E-state index contributed by atoms with van der Waals surface area (Å²) < 4.78 is 1.11. The highest BCUT2D eigenvalue weighted by atomic mass is 32.2. The van der Waals surface area contributed by atoms with Crippen molar-refractivity contribution in [1.82, 2.24) is 10.2 Å². The van der Waals surface area contributed by atoms with Gasteiger partial charge in [-0.3, -0.25) is 9.69 Å². The number of nitrogen functional groups attached to an aromatic ring is 1. The summed E-state index contributed by atoms with van der Waals surface area (Å²) in [6, 6.07) is 12.5. The Labute approximate surface area is 156 Å². The topological polar surface area (TPSA) is 58.4 Å². The van der Waals surface area contributed by atoms with Crippen molar-refractivity contribution in [3.05, 3.63) is 41.3 Å². The van der Waals surface area contributed by atoms with Gasteiger partial charge in [-0.1, -0.05) is 17.8 Å². The van der Waals surface area contributed by atoms with Crippen molar-refractivity contribution in [2.45, 2.75) is 41.0 Å². The van der Waals surface area contributed by atoms with Gasteiger partial charge in [0.05, 0.1) is 9.09 Å². The van der Waals surface area contributed by atoms with Crippen LogP contribution in [0.4, 0.5) is 5.69 Å². The number of carbonyl (C=O) groups is 1. The Morgan fingerprint density at radius 1 is 1.28 bits per heavy atom. The fourth-order valence-corrected chi connectivity index (χ4v) is 6.03. The van der Waals surface area contributed by atoms with Crippen LogP contribution >= 0.6 is 23.1 Å². The zero-order valence-electron chi connectivity index (χ0n) is 14.3. The monoisotopic (exact) mass is 373 g/mol. The van der Waals surface area contributed by atoms with Gasteiger partial charge in [0.2, 0.25) is 0 Å². The van der Waals surface area contributed by atoms with E-state index in [1.54, 1.807) is 23.1 Å². The van der Waals surface area contributed by atoms with E-state index in [2.05, 4.69) is 17.1 Å². The zero-order chi connectivity index (χ0) is 17.4. The fraction of sp³-hybridized carbons (Fsp3) is 0.421. The number of thiophene rings is 1. The lowest BCUT2D eigenvalue weighted by Gasteiger charge is -2.49. The second-order valence-electron chi connectivity index (χ2n) is 6.91. The minimum atomic E-state index is 0.0648. The fourth-order valence-electron chi connectivity index (χ4n) is 3.96. The first kappa shape index (κ1) is 16.9. The summed E-state index contributed by atoms with van der Waals surface area (Å²) in [6.07, 6.45) is 2.41. The SMILES string of the molecule is C[C@H]1[C@H](NC(=O)c2ccc(Sc3cccc(N)c3)s2)C2CCN1CC2. The molecular formula is C19H23N3OS2. The van der Waals surface area contributed by atoms with Crippen LogP contribution in [0.3, 0.4) is 0 Å². The highest BCUT2D eigenvalue weighted by Crippen LogP contribution is 2.35. The van der Waals surface area contributed by atoms with Crippen molar-refractivity contribution in [3.8, 4) is 0 Å². The molecule has 1 aromatic carbocycles. The molecule has 0 spiro atoms. The van der Waals surface area contributed by atoms with E-state index >= 15 is 0 Å². The number of carbonyl (C=O) groups excluding carboxylic acids is 1. The van der Waals surface area contributed by atoms with Gasteiger partial charge in [0, 0.05) is 22.7 Å². The average molecular weight is 374 g/mol. The van der Waals surface area contributed by atoms with E-state index in [9.17, 15) is 4.79 Å². The van der Waals surface area contributed by atoms with Crippen LogP contribution in [-0.4, -0.2) is 36.0 Å². The summed E-state index contributed by atoms with van der Waals surface area (Å²) >= 11 is 3.20. The number of rotatable bonds is 4. The quantitative estimate of drug-likeness (QED) is 0.803. The maximum Gasteiger partial charge on any atom is 0.261 e. The molecule has 1 amide bonds. The van der Waals surface area contributed by atoms with E-state index in [0.29, 0.717) is 12.0 Å². The Morgan fingerprint density at radius 2 is 2.08 bits per heavy atom. The molecule has 132 valence electrons. The number of fused-ring (bicyclic) bond motifs is 3. The van der Waals surface area contributed by atoms with Gasteiger partial charge in [-0.2, -0.15) is 0 Å².